The second-order valence-electron chi connectivity index (χ2n) is 12.2. The smallest absolute Gasteiger partial charge is 0.407 e. The normalized spacial score (nSPS) is 23.1. The van der Waals surface area contributed by atoms with E-state index >= 15 is 8.78 Å². The molecular formula is C33H38F2N6O3. The van der Waals surface area contributed by atoms with Crippen molar-refractivity contribution in [3.05, 3.63) is 83.1 Å². The summed E-state index contributed by atoms with van der Waals surface area (Å²) in [6.45, 7) is 2.08. The first-order valence-corrected chi connectivity index (χ1v) is 15.1. The van der Waals surface area contributed by atoms with Crippen LogP contribution in [0.1, 0.15) is 73.9 Å². The van der Waals surface area contributed by atoms with E-state index in [-0.39, 0.29) is 35.2 Å². The van der Waals surface area contributed by atoms with Crippen LogP contribution in [0.4, 0.5) is 13.6 Å². The van der Waals surface area contributed by atoms with Gasteiger partial charge in [-0.25, -0.2) is 23.1 Å². The molecule has 3 heterocycles. The number of aromatic nitrogens is 4. The van der Waals surface area contributed by atoms with Gasteiger partial charge in [0.1, 0.15) is 17.5 Å². The Morgan fingerprint density at radius 3 is 2.55 bits per heavy atom. The standard InChI is InChI=1S/C33H38F2N6O3/c1-19-12-20(13-27(36)31(19)39-32(42)43-2)24-8-11-37-17-21(24)14-29-38-18-23-6-7-28(40-41(23)29)30-25(34)15-22(16-26(30)35)33(44-3)9-4-5-10-33/h6-8,11,15-20,27,31H,4-5,9-10,12-14,36H2,1-3H3,(H,39,42)/t19-,20+,27+,31-/m0/s1. The van der Waals surface area contributed by atoms with Crippen LogP contribution in [0, 0.1) is 17.6 Å². The third kappa shape index (κ3) is 5.54. The average Bonchev–Trinajstić information content (AvgIpc) is 3.67. The maximum Gasteiger partial charge on any atom is 0.407 e. The molecule has 6 rings (SSSR count). The van der Waals surface area contributed by atoms with Gasteiger partial charge < -0.3 is 20.5 Å². The van der Waals surface area contributed by atoms with E-state index in [4.69, 9.17) is 15.2 Å². The number of halogens is 2. The van der Waals surface area contributed by atoms with Crippen LogP contribution in [0.25, 0.3) is 16.8 Å². The van der Waals surface area contributed by atoms with Gasteiger partial charge in [-0.15, -0.1) is 0 Å². The zero-order chi connectivity index (χ0) is 31.0. The molecule has 0 spiro atoms. The largest absolute Gasteiger partial charge is 0.453 e. The van der Waals surface area contributed by atoms with Gasteiger partial charge in [0.05, 0.1) is 35.7 Å². The van der Waals surface area contributed by atoms with Crippen LogP contribution in [0.5, 0.6) is 0 Å². The summed E-state index contributed by atoms with van der Waals surface area (Å²) in [5, 5.41) is 7.53. The number of imidazole rings is 1. The molecule has 232 valence electrons. The lowest BCUT2D eigenvalue weighted by Crippen LogP contribution is -2.54. The first-order valence-electron chi connectivity index (χ1n) is 15.1. The molecule has 0 unspecified atom stereocenters. The van der Waals surface area contributed by atoms with E-state index in [2.05, 4.69) is 27.3 Å². The van der Waals surface area contributed by atoms with Crippen LogP contribution in [-0.2, 0) is 21.5 Å². The van der Waals surface area contributed by atoms with Crippen molar-refractivity contribution in [2.75, 3.05) is 14.2 Å². The van der Waals surface area contributed by atoms with Crippen LogP contribution in [-0.4, -0.2) is 52.0 Å². The zero-order valence-electron chi connectivity index (χ0n) is 25.2. The van der Waals surface area contributed by atoms with Crippen molar-refractivity contribution in [1.29, 1.82) is 0 Å². The summed E-state index contributed by atoms with van der Waals surface area (Å²) in [5.74, 6) is -0.441. The molecule has 1 amide bonds. The molecule has 44 heavy (non-hydrogen) atoms. The molecule has 2 fully saturated rings. The number of ether oxygens (including phenoxy) is 2. The van der Waals surface area contributed by atoms with Crippen molar-refractivity contribution < 1.29 is 23.0 Å². The van der Waals surface area contributed by atoms with Crippen LogP contribution >= 0.6 is 0 Å². The fourth-order valence-corrected chi connectivity index (χ4v) is 7.27. The number of fused-ring (bicyclic) bond motifs is 1. The first-order chi connectivity index (χ1) is 21.2. The Morgan fingerprint density at radius 1 is 1.11 bits per heavy atom. The van der Waals surface area contributed by atoms with Crippen molar-refractivity contribution in [2.24, 2.45) is 11.7 Å². The number of hydrogen-bond acceptors (Lipinski definition) is 7. The highest BCUT2D eigenvalue weighted by molar-refractivity contribution is 5.67. The summed E-state index contributed by atoms with van der Waals surface area (Å²) in [7, 11) is 2.94. The van der Waals surface area contributed by atoms with E-state index in [1.165, 1.54) is 19.2 Å². The zero-order valence-corrected chi connectivity index (χ0v) is 25.2. The molecule has 2 aliphatic carbocycles. The molecule has 9 nitrogen and oxygen atoms in total. The molecule has 4 aromatic rings. The molecule has 2 aliphatic rings. The Kier molecular flexibility index (Phi) is 8.34. The molecule has 0 radical (unpaired) electrons. The Bertz CT molecular complexity index is 1640. The quantitative estimate of drug-likeness (QED) is 0.280. The number of carbonyl (C=O) groups is 1. The van der Waals surface area contributed by atoms with Crippen molar-refractivity contribution in [2.45, 2.75) is 75.5 Å². The minimum Gasteiger partial charge on any atom is -0.453 e. The van der Waals surface area contributed by atoms with E-state index in [0.29, 0.717) is 29.7 Å². The van der Waals surface area contributed by atoms with Gasteiger partial charge >= 0.3 is 6.09 Å². The summed E-state index contributed by atoms with van der Waals surface area (Å²) in [5.41, 5.74) is 9.19. The summed E-state index contributed by atoms with van der Waals surface area (Å²) < 4.78 is 43.3. The molecule has 2 saturated carbocycles. The van der Waals surface area contributed by atoms with Gasteiger partial charge in [0, 0.05) is 38.0 Å². The maximum absolute atomic E-state index is 15.6. The Hall–Kier alpha value is -3.96. The van der Waals surface area contributed by atoms with Crippen molar-refractivity contribution in [3.63, 3.8) is 0 Å². The van der Waals surface area contributed by atoms with Gasteiger partial charge in [-0.2, -0.15) is 5.10 Å². The maximum atomic E-state index is 15.6. The van der Waals surface area contributed by atoms with Crippen LogP contribution < -0.4 is 11.1 Å². The lowest BCUT2D eigenvalue weighted by Gasteiger charge is -2.39. The van der Waals surface area contributed by atoms with Crippen LogP contribution in [0.2, 0.25) is 0 Å². The SMILES string of the molecule is COC(=O)N[C@@H]1[C@H](N)C[C@H](c2ccncc2Cc2ncc3ccc(-c4c(F)cc(C5(OC)CCCC5)cc4F)nn23)C[C@@H]1C. The number of benzene rings is 1. The highest BCUT2D eigenvalue weighted by Crippen LogP contribution is 2.43. The summed E-state index contributed by atoms with van der Waals surface area (Å²) in [6.07, 6.45) is 10.1. The Labute approximate surface area is 255 Å². The van der Waals surface area contributed by atoms with Gasteiger partial charge in [-0.3, -0.25) is 4.98 Å². The monoisotopic (exact) mass is 604 g/mol. The Balaban J connectivity index is 1.28. The molecule has 3 aromatic heterocycles. The second-order valence-corrected chi connectivity index (χ2v) is 12.2. The number of alkyl carbamates (subject to hydrolysis) is 1. The topological polar surface area (TPSA) is 117 Å². The molecular weight excluding hydrogens is 566 g/mol. The highest BCUT2D eigenvalue weighted by atomic mass is 19.1. The van der Waals surface area contributed by atoms with Crippen molar-refractivity contribution >= 4 is 11.6 Å². The third-order valence-electron chi connectivity index (χ3n) is 9.57. The first kappa shape index (κ1) is 30.1. The van der Waals surface area contributed by atoms with Crippen molar-refractivity contribution in [3.8, 4) is 11.3 Å². The molecule has 4 atom stereocenters. The molecule has 11 heteroatoms. The molecule has 1 aromatic carbocycles. The number of pyridine rings is 1. The fourth-order valence-electron chi connectivity index (χ4n) is 7.27. The number of carbonyl (C=O) groups excluding carboxylic acids is 1. The fraction of sp³-hybridized carbons (Fsp3) is 0.455. The van der Waals surface area contributed by atoms with Gasteiger partial charge in [0.25, 0.3) is 0 Å². The van der Waals surface area contributed by atoms with E-state index in [0.717, 1.165) is 43.2 Å². The number of nitrogens with one attached hydrogen (secondary N) is 1. The second kappa shape index (κ2) is 12.2. The number of amides is 1. The predicted molar refractivity (Wildman–Crippen MR) is 161 cm³/mol. The van der Waals surface area contributed by atoms with Gasteiger partial charge in [-0.1, -0.05) is 19.8 Å². The predicted octanol–water partition coefficient (Wildman–Crippen LogP) is 5.64. The van der Waals surface area contributed by atoms with Gasteiger partial charge in [0.15, 0.2) is 0 Å². The van der Waals surface area contributed by atoms with E-state index in [9.17, 15) is 4.79 Å². The minimum absolute atomic E-state index is 0.129. The molecule has 0 bridgehead atoms. The van der Waals surface area contributed by atoms with E-state index in [1.807, 2.05) is 12.3 Å². The minimum atomic E-state index is -0.672. The summed E-state index contributed by atoms with van der Waals surface area (Å²) in [4.78, 5) is 20.8. The third-order valence-corrected chi connectivity index (χ3v) is 9.57. The summed E-state index contributed by atoms with van der Waals surface area (Å²) >= 11 is 0. The lowest BCUT2D eigenvalue weighted by atomic mass is 9.72. The summed E-state index contributed by atoms with van der Waals surface area (Å²) in [6, 6.07) is 7.72. The number of nitrogens with zero attached hydrogens (tertiary/aromatic N) is 4. The van der Waals surface area contributed by atoms with E-state index in [1.54, 1.807) is 36.2 Å². The van der Waals surface area contributed by atoms with Gasteiger partial charge in [-0.05, 0) is 84.5 Å². The molecule has 3 N–H and O–H groups in total. The molecule has 0 saturated heterocycles. The number of rotatable bonds is 7. The number of hydrogen-bond donors (Lipinski definition) is 2. The van der Waals surface area contributed by atoms with Crippen LogP contribution in [0.3, 0.4) is 0 Å². The molecule has 0 aliphatic heterocycles. The van der Waals surface area contributed by atoms with Crippen LogP contribution in [0.15, 0.2) is 48.9 Å². The Morgan fingerprint density at radius 2 is 1.86 bits per heavy atom. The lowest BCUT2D eigenvalue weighted by molar-refractivity contribution is -0.00914. The van der Waals surface area contributed by atoms with Gasteiger partial charge in [0.2, 0.25) is 0 Å². The highest BCUT2D eigenvalue weighted by Gasteiger charge is 2.38. The van der Waals surface area contributed by atoms with Crippen molar-refractivity contribution in [1.82, 2.24) is 24.9 Å². The number of nitrogens with two attached hydrogens (primary N) is 1. The average molecular weight is 605 g/mol. The van der Waals surface area contributed by atoms with E-state index < -0.39 is 23.3 Å². The number of methoxy groups -OCH3 is 2.